The molecule has 3 aromatic carbocycles. The average Bonchev–Trinajstić information content (AvgIpc) is 2.79. The average molecular weight is 604 g/mol. The number of nitrogen functional groups attached to an aromatic ring is 2. The fourth-order valence-corrected chi connectivity index (χ4v) is 3.08. The molecule has 40 heavy (non-hydrogen) atoms. The van der Waals surface area contributed by atoms with Gasteiger partial charge in [-0.1, -0.05) is 0 Å². The zero-order valence-corrected chi connectivity index (χ0v) is 18.4. The molecule has 0 aliphatic heterocycles. The Morgan fingerprint density at radius 3 is 1.25 bits per heavy atom. The van der Waals surface area contributed by atoms with E-state index >= 15 is 4.39 Å². The summed E-state index contributed by atoms with van der Waals surface area (Å²) in [5.41, 5.74) is -0.785. The second-order valence-electron chi connectivity index (χ2n) is 7.51. The summed E-state index contributed by atoms with van der Waals surface area (Å²) in [5.74, 6) is -24.8. The van der Waals surface area contributed by atoms with Crippen molar-refractivity contribution >= 4 is 11.4 Å². The molecule has 0 bridgehead atoms. The lowest BCUT2D eigenvalue weighted by atomic mass is 10.1. The molecule has 0 saturated heterocycles. The van der Waals surface area contributed by atoms with Gasteiger partial charge in [0, 0.05) is 6.07 Å². The molecule has 0 saturated carbocycles. The molecular formula is C21H7F15N2O2. The number of hydrogen-bond acceptors (Lipinski definition) is 4. The van der Waals surface area contributed by atoms with Crippen LogP contribution in [0.5, 0.6) is 23.0 Å². The van der Waals surface area contributed by atoms with Crippen LogP contribution in [0.1, 0.15) is 16.7 Å². The van der Waals surface area contributed by atoms with E-state index in [4.69, 9.17) is 11.5 Å². The van der Waals surface area contributed by atoms with Gasteiger partial charge in [-0.3, -0.25) is 0 Å². The van der Waals surface area contributed by atoms with Gasteiger partial charge in [0.05, 0.1) is 22.5 Å². The zero-order chi connectivity index (χ0) is 30.7. The quantitative estimate of drug-likeness (QED) is 0.232. The minimum absolute atomic E-state index is 0.278. The van der Waals surface area contributed by atoms with Gasteiger partial charge in [0.1, 0.15) is 11.4 Å². The van der Waals surface area contributed by atoms with Crippen molar-refractivity contribution in [3.05, 3.63) is 69.8 Å². The highest BCUT2D eigenvalue weighted by atomic mass is 19.4. The van der Waals surface area contributed by atoms with E-state index < -0.39 is 111 Å². The van der Waals surface area contributed by atoms with Crippen LogP contribution in [0.25, 0.3) is 0 Å². The fraction of sp³-hybridized carbons (Fsp3) is 0.143. The van der Waals surface area contributed by atoms with Crippen molar-refractivity contribution in [2.75, 3.05) is 11.5 Å². The molecule has 19 heteroatoms. The van der Waals surface area contributed by atoms with E-state index in [1.165, 1.54) is 0 Å². The van der Waals surface area contributed by atoms with Crippen molar-refractivity contribution in [2.45, 2.75) is 18.5 Å². The molecule has 218 valence electrons. The van der Waals surface area contributed by atoms with Gasteiger partial charge in [-0.15, -0.1) is 0 Å². The molecule has 0 unspecified atom stereocenters. The first-order chi connectivity index (χ1) is 18.1. The highest BCUT2D eigenvalue weighted by Crippen LogP contribution is 2.48. The van der Waals surface area contributed by atoms with E-state index in [0.717, 1.165) is 0 Å². The Kier molecular flexibility index (Phi) is 7.42. The van der Waals surface area contributed by atoms with Gasteiger partial charge in [0.25, 0.3) is 0 Å². The molecule has 0 spiro atoms. The first-order valence-electron chi connectivity index (χ1n) is 9.71. The molecule has 3 rings (SSSR count). The van der Waals surface area contributed by atoms with Crippen LogP contribution < -0.4 is 20.9 Å². The van der Waals surface area contributed by atoms with Gasteiger partial charge in [-0.05, 0) is 12.1 Å². The number of anilines is 2. The third-order valence-corrected chi connectivity index (χ3v) is 4.83. The first kappa shape index (κ1) is 30.4. The third-order valence-electron chi connectivity index (χ3n) is 4.83. The van der Waals surface area contributed by atoms with Gasteiger partial charge >= 0.3 is 18.5 Å². The summed E-state index contributed by atoms with van der Waals surface area (Å²) in [6.07, 6.45) is -17.3. The Morgan fingerprint density at radius 2 is 0.875 bits per heavy atom. The number of halogens is 15. The molecule has 3 aromatic rings. The van der Waals surface area contributed by atoms with Crippen LogP contribution in [0.15, 0.2) is 18.2 Å². The normalized spacial score (nSPS) is 12.6. The van der Waals surface area contributed by atoms with E-state index in [9.17, 15) is 61.5 Å². The summed E-state index contributed by atoms with van der Waals surface area (Å²) >= 11 is 0. The van der Waals surface area contributed by atoms with Crippen LogP contribution in [0.4, 0.5) is 77.2 Å². The van der Waals surface area contributed by atoms with E-state index in [-0.39, 0.29) is 12.1 Å². The smallest absolute Gasteiger partial charge is 0.422 e. The monoisotopic (exact) mass is 604 g/mol. The highest BCUT2D eigenvalue weighted by Gasteiger charge is 2.44. The van der Waals surface area contributed by atoms with Crippen LogP contribution in [-0.2, 0) is 18.5 Å². The van der Waals surface area contributed by atoms with Crippen molar-refractivity contribution in [3.8, 4) is 23.0 Å². The maximum atomic E-state index is 15.1. The lowest BCUT2D eigenvalue weighted by Crippen LogP contribution is -2.15. The zero-order valence-electron chi connectivity index (χ0n) is 18.4. The van der Waals surface area contributed by atoms with Gasteiger partial charge in [-0.25, -0.2) is 22.0 Å². The van der Waals surface area contributed by atoms with Crippen molar-refractivity contribution in [1.82, 2.24) is 0 Å². The number of ether oxygens (including phenoxy) is 2. The summed E-state index contributed by atoms with van der Waals surface area (Å²) in [7, 11) is 0. The Balaban J connectivity index is 2.32. The maximum absolute atomic E-state index is 15.1. The van der Waals surface area contributed by atoms with Gasteiger partial charge in [0.15, 0.2) is 34.8 Å². The lowest BCUT2D eigenvalue weighted by molar-refractivity contribution is -0.142. The van der Waals surface area contributed by atoms with Crippen LogP contribution in [0.3, 0.4) is 0 Å². The van der Waals surface area contributed by atoms with E-state index in [1.807, 2.05) is 0 Å². The Bertz CT molecular complexity index is 1490. The largest absolute Gasteiger partial charge is 0.448 e. The van der Waals surface area contributed by atoms with E-state index in [2.05, 4.69) is 9.47 Å². The maximum Gasteiger partial charge on any atom is 0.422 e. The molecule has 0 heterocycles. The minimum Gasteiger partial charge on any atom is -0.448 e. The molecule has 0 aliphatic rings. The number of alkyl halides is 9. The van der Waals surface area contributed by atoms with Crippen LogP contribution in [0.2, 0.25) is 0 Å². The van der Waals surface area contributed by atoms with Gasteiger partial charge in [0.2, 0.25) is 17.3 Å². The summed E-state index contributed by atoms with van der Waals surface area (Å²) in [6.45, 7) is 0. The Hall–Kier alpha value is -4.19. The first-order valence-corrected chi connectivity index (χ1v) is 9.71. The summed E-state index contributed by atoms with van der Waals surface area (Å²) in [4.78, 5) is 0. The van der Waals surface area contributed by atoms with Crippen molar-refractivity contribution < 1.29 is 75.3 Å². The number of nitrogens with two attached hydrogens (primary N) is 2. The molecule has 0 aliphatic carbocycles. The summed E-state index contributed by atoms with van der Waals surface area (Å²) in [6, 6.07) is -1.23. The third kappa shape index (κ3) is 5.44. The van der Waals surface area contributed by atoms with Crippen molar-refractivity contribution in [3.63, 3.8) is 0 Å². The highest BCUT2D eigenvalue weighted by molar-refractivity contribution is 5.56. The molecule has 4 nitrogen and oxygen atoms in total. The lowest BCUT2D eigenvalue weighted by Gasteiger charge is -2.20. The number of rotatable bonds is 4. The van der Waals surface area contributed by atoms with Crippen LogP contribution in [-0.4, -0.2) is 0 Å². The van der Waals surface area contributed by atoms with E-state index in [0.29, 0.717) is 0 Å². The molecule has 0 aromatic heterocycles. The SMILES string of the molecule is Nc1cc(C(F)(F)F)c(F)c(Oc2cc(F)c(C(F)(F)F)c(Oc3c(F)c(N)cc(C(F)(F)F)c3F)c2F)c1F. The summed E-state index contributed by atoms with van der Waals surface area (Å²) < 4.78 is 214. The van der Waals surface area contributed by atoms with Gasteiger partial charge in [-0.2, -0.15) is 43.9 Å². The Labute approximate surface area is 210 Å². The summed E-state index contributed by atoms with van der Waals surface area (Å²) in [5, 5.41) is 0. The standard InChI is InChI=1S/C21H7F15N2O2/c22-6-3-9(39-17-11(23)4(19(28,29)30)1-7(37)13(17)25)15(27)16(10(6)21(34,35)36)40-18-12(24)5(20(31,32)33)2-8(38)14(18)26/h1-3H,37-38H2. The Morgan fingerprint density at radius 1 is 0.475 bits per heavy atom. The second kappa shape index (κ2) is 9.77. The topological polar surface area (TPSA) is 70.5 Å². The predicted molar refractivity (Wildman–Crippen MR) is 103 cm³/mol. The van der Waals surface area contributed by atoms with Gasteiger partial charge < -0.3 is 20.9 Å². The molecule has 0 radical (unpaired) electrons. The van der Waals surface area contributed by atoms with E-state index in [1.54, 1.807) is 0 Å². The minimum atomic E-state index is -6.03. The number of hydrogen-bond donors (Lipinski definition) is 2. The van der Waals surface area contributed by atoms with Crippen molar-refractivity contribution in [2.24, 2.45) is 0 Å². The molecule has 0 amide bonds. The molecule has 0 fully saturated rings. The van der Waals surface area contributed by atoms with Crippen LogP contribution >= 0.6 is 0 Å². The molecule has 0 atom stereocenters. The van der Waals surface area contributed by atoms with Crippen molar-refractivity contribution in [1.29, 1.82) is 0 Å². The second-order valence-corrected chi connectivity index (χ2v) is 7.51. The molecule has 4 N–H and O–H groups in total. The molecular weight excluding hydrogens is 597 g/mol. The fourth-order valence-electron chi connectivity index (χ4n) is 3.08. The number of benzene rings is 3. The van der Waals surface area contributed by atoms with Crippen LogP contribution in [0, 0.1) is 34.9 Å². The predicted octanol–water partition coefficient (Wildman–Crippen LogP) is 8.33.